The molecule has 24 heavy (non-hydrogen) atoms. The number of aryl methyl sites for hydroxylation is 1. The maximum atomic E-state index is 11.0. The maximum Gasteiger partial charge on any atom is 0.123 e. The summed E-state index contributed by atoms with van der Waals surface area (Å²) >= 11 is 0. The third kappa shape index (κ3) is 3.10. The number of piperidine rings is 1. The zero-order chi connectivity index (χ0) is 17.5. The van der Waals surface area contributed by atoms with Gasteiger partial charge in [-0.05, 0) is 54.0 Å². The third-order valence-electron chi connectivity index (χ3n) is 4.90. The quantitative estimate of drug-likeness (QED) is 0.896. The second-order valence-corrected chi connectivity index (χ2v) is 7.93. The minimum absolute atomic E-state index is 0.0313. The van der Waals surface area contributed by atoms with Gasteiger partial charge >= 0.3 is 0 Å². The Balaban J connectivity index is 1.81. The Morgan fingerprint density at radius 3 is 2.67 bits per heavy atom. The molecule has 1 aliphatic rings. The van der Waals surface area contributed by atoms with Gasteiger partial charge in [0.15, 0.2) is 0 Å². The number of aliphatic hydroxyl groups is 1. The summed E-state index contributed by atoms with van der Waals surface area (Å²) in [6.45, 7) is 13.0. The van der Waals surface area contributed by atoms with Crippen LogP contribution in [-0.2, 0) is 17.7 Å². The van der Waals surface area contributed by atoms with E-state index in [0.29, 0.717) is 12.2 Å². The highest BCUT2D eigenvalue weighted by Crippen LogP contribution is 2.31. The molecule has 0 amide bonds. The average Bonchev–Trinajstić information content (AvgIpc) is 3.11. The summed E-state index contributed by atoms with van der Waals surface area (Å²) in [5.74, 6) is 0. The Bertz CT molecular complexity index is 699. The van der Waals surface area contributed by atoms with Gasteiger partial charge < -0.3 is 5.11 Å². The molecular weight excluding hydrogens is 304 g/mol. The number of hydrogen-bond acceptors (Lipinski definition) is 5. The number of H-pyrrole nitrogens is 1. The zero-order valence-corrected chi connectivity index (χ0v) is 15.3. The van der Waals surface area contributed by atoms with Crippen molar-refractivity contribution >= 4 is 0 Å². The summed E-state index contributed by atoms with van der Waals surface area (Å²) in [7, 11) is 0. The average molecular weight is 332 g/mol. The fraction of sp³-hybridized carbons (Fsp3) is 0.706. The van der Waals surface area contributed by atoms with Gasteiger partial charge in [-0.3, -0.25) is 9.58 Å². The van der Waals surface area contributed by atoms with E-state index in [2.05, 4.69) is 59.6 Å². The lowest BCUT2D eigenvalue weighted by Gasteiger charge is -2.38. The van der Waals surface area contributed by atoms with Gasteiger partial charge in [0.1, 0.15) is 11.3 Å². The van der Waals surface area contributed by atoms with Crippen molar-refractivity contribution in [2.45, 2.75) is 65.1 Å². The predicted molar refractivity (Wildman–Crippen MR) is 91.5 cm³/mol. The van der Waals surface area contributed by atoms with E-state index < -0.39 is 5.60 Å². The van der Waals surface area contributed by atoms with Gasteiger partial charge in [-0.2, -0.15) is 20.5 Å². The van der Waals surface area contributed by atoms with Crippen LogP contribution in [0.2, 0.25) is 0 Å². The number of nitrogens with zero attached hydrogens (tertiary/aromatic N) is 5. The predicted octanol–water partition coefficient (Wildman–Crippen LogP) is 1.86. The van der Waals surface area contributed by atoms with E-state index >= 15 is 0 Å². The van der Waals surface area contributed by atoms with Gasteiger partial charge in [-0.1, -0.05) is 0 Å². The monoisotopic (exact) mass is 332 g/mol. The molecule has 0 aliphatic carbocycles. The molecule has 1 saturated heterocycles. The van der Waals surface area contributed by atoms with Crippen LogP contribution >= 0.6 is 0 Å². The molecule has 3 rings (SSSR count). The van der Waals surface area contributed by atoms with Gasteiger partial charge in [0.05, 0.1) is 17.4 Å². The van der Waals surface area contributed by atoms with E-state index in [9.17, 15) is 5.11 Å². The van der Waals surface area contributed by atoms with Gasteiger partial charge in [-0.25, -0.2) is 0 Å². The lowest BCUT2D eigenvalue weighted by Crippen LogP contribution is -2.46. The number of aromatic nitrogens is 5. The molecule has 3 heterocycles. The van der Waals surface area contributed by atoms with Crippen molar-refractivity contribution in [1.82, 2.24) is 30.1 Å². The van der Waals surface area contributed by atoms with Gasteiger partial charge in [0, 0.05) is 24.3 Å². The van der Waals surface area contributed by atoms with Crippen LogP contribution in [0, 0.1) is 13.8 Å². The van der Waals surface area contributed by atoms with Gasteiger partial charge in [0.2, 0.25) is 0 Å². The molecule has 2 aromatic rings. The first kappa shape index (κ1) is 17.1. The third-order valence-corrected chi connectivity index (χ3v) is 4.90. The van der Waals surface area contributed by atoms with Crippen LogP contribution in [0.1, 0.15) is 56.3 Å². The second-order valence-electron chi connectivity index (χ2n) is 7.93. The summed E-state index contributed by atoms with van der Waals surface area (Å²) < 4.78 is 2.10. The zero-order valence-electron chi connectivity index (χ0n) is 15.3. The number of hydrogen-bond donors (Lipinski definition) is 2. The molecule has 0 saturated carbocycles. The van der Waals surface area contributed by atoms with Crippen molar-refractivity contribution < 1.29 is 5.11 Å². The van der Waals surface area contributed by atoms with Crippen LogP contribution in [0.5, 0.6) is 0 Å². The summed E-state index contributed by atoms with van der Waals surface area (Å²) in [5.41, 5.74) is 3.21. The van der Waals surface area contributed by atoms with Crippen LogP contribution in [0.3, 0.4) is 0 Å². The molecule has 1 atom stereocenters. The molecule has 0 unspecified atom stereocenters. The number of nitrogens with one attached hydrogen (secondary N) is 1. The summed E-state index contributed by atoms with van der Waals surface area (Å²) in [5, 5.41) is 26.2. The molecule has 1 aliphatic heterocycles. The molecule has 7 heteroatoms. The lowest BCUT2D eigenvalue weighted by molar-refractivity contribution is -0.0415. The highest BCUT2D eigenvalue weighted by molar-refractivity contribution is 5.25. The summed E-state index contributed by atoms with van der Waals surface area (Å²) in [4.78, 5) is 2.29. The van der Waals surface area contributed by atoms with Gasteiger partial charge in [0.25, 0.3) is 0 Å². The minimum atomic E-state index is -0.924. The van der Waals surface area contributed by atoms with Crippen LogP contribution in [0.25, 0.3) is 0 Å². The molecule has 2 aromatic heterocycles. The smallest absolute Gasteiger partial charge is 0.123 e. The number of likely N-dealkylation sites (tertiary alicyclic amines) is 1. The highest BCUT2D eigenvalue weighted by atomic mass is 16.3. The topological polar surface area (TPSA) is 82.9 Å². The first-order chi connectivity index (χ1) is 11.2. The normalized spacial score (nSPS) is 22.9. The molecule has 0 bridgehead atoms. The van der Waals surface area contributed by atoms with E-state index in [1.165, 1.54) is 11.3 Å². The van der Waals surface area contributed by atoms with E-state index in [1.807, 2.05) is 0 Å². The molecule has 2 N–H and O–H groups in total. The van der Waals surface area contributed by atoms with E-state index in [1.54, 1.807) is 6.20 Å². The van der Waals surface area contributed by atoms with Gasteiger partial charge in [-0.15, -0.1) is 0 Å². The fourth-order valence-corrected chi connectivity index (χ4v) is 3.67. The van der Waals surface area contributed by atoms with Crippen molar-refractivity contribution in [3.05, 3.63) is 28.8 Å². The van der Waals surface area contributed by atoms with Crippen molar-refractivity contribution in [3.8, 4) is 0 Å². The highest BCUT2D eigenvalue weighted by Gasteiger charge is 2.37. The Hall–Kier alpha value is -1.73. The molecule has 0 radical (unpaired) electrons. The molecule has 1 fully saturated rings. The van der Waals surface area contributed by atoms with Crippen molar-refractivity contribution in [2.75, 3.05) is 13.1 Å². The number of aromatic amines is 1. The van der Waals surface area contributed by atoms with Crippen LogP contribution < -0.4 is 0 Å². The Morgan fingerprint density at radius 1 is 1.33 bits per heavy atom. The maximum absolute atomic E-state index is 11.0. The van der Waals surface area contributed by atoms with E-state index in [4.69, 9.17) is 5.10 Å². The molecule has 7 nitrogen and oxygen atoms in total. The fourth-order valence-electron chi connectivity index (χ4n) is 3.67. The molecule has 0 aromatic carbocycles. The van der Waals surface area contributed by atoms with Crippen molar-refractivity contribution in [1.29, 1.82) is 0 Å². The molecule has 0 spiro atoms. The minimum Gasteiger partial charge on any atom is -0.382 e. The summed E-state index contributed by atoms with van der Waals surface area (Å²) in [6.07, 6.45) is 3.28. The Morgan fingerprint density at radius 2 is 2.08 bits per heavy atom. The lowest BCUT2D eigenvalue weighted by atomic mass is 9.89. The first-order valence-corrected chi connectivity index (χ1v) is 8.57. The van der Waals surface area contributed by atoms with E-state index in [-0.39, 0.29) is 5.54 Å². The second kappa shape index (κ2) is 5.97. The SMILES string of the molecule is Cc1nn(C(C)(C)C)c(C)c1CN1CCC[C@](O)(c2cn[nH]n2)C1. The molecular formula is C17H28N6O. The standard InChI is InChI=1S/C17H28N6O/c1-12-14(13(2)23(20-12)16(3,4)5)10-22-8-6-7-17(24,11-22)15-9-18-21-19-15/h9,24H,6-8,10-11H2,1-5H3,(H,18,19,21)/t17-/m1/s1. The Labute approximate surface area is 143 Å². The van der Waals surface area contributed by atoms with Crippen LogP contribution in [0.4, 0.5) is 0 Å². The summed E-state index contributed by atoms with van der Waals surface area (Å²) in [6, 6.07) is 0. The number of rotatable bonds is 3. The van der Waals surface area contributed by atoms with Crippen LogP contribution in [-0.4, -0.2) is 48.3 Å². The number of β-amino-alcohol motifs (C(OH)–C–C–N with tert-alkyl or cyclic N) is 1. The first-order valence-electron chi connectivity index (χ1n) is 8.57. The van der Waals surface area contributed by atoms with Crippen LogP contribution in [0.15, 0.2) is 6.20 Å². The van der Waals surface area contributed by atoms with E-state index in [0.717, 1.165) is 31.6 Å². The Kier molecular flexibility index (Phi) is 4.25. The molecule has 132 valence electrons. The van der Waals surface area contributed by atoms with Crippen molar-refractivity contribution in [2.24, 2.45) is 0 Å². The van der Waals surface area contributed by atoms with Crippen molar-refractivity contribution in [3.63, 3.8) is 0 Å². The largest absolute Gasteiger partial charge is 0.382 e.